The van der Waals surface area contributed by atoms with Crippen molar-refractivity contribution in [1.82, 2.24) is 10.3 Å². The van der Waals surface area contributed by atoms with Gasteiger partial charge in [0.15, 0.2) is 0 Å². The maximum absolute atomic E-state index is 11.9. The third-order valence-corrected chi connectivity index (χ3v) is 3.38. The Hall–Kier alpha value is -0.810. The van der Waals surface area contributed by atoms with Crippen LogP contribution < -0.4 is 5.32 Å². The molecule has 1 aromatic rings. The van der Waals surface area contributed by atoms with Crippen LogP contribution in [0.4, 0.5) is 0 Å². The zero-order valence-electron chi connectivity index (χ0n) is 10.0. The second kappa shape index (κ2) is 4.82. The van der Waals surface area contributed by atoms with Gasteiger partial charge in [-0.05, 0) is 48.7 Å². The molecular weight excluding hydrogens is 284 g/mol. The van der Waals surface area contributed by atoms with E-state index in [0.717, 1.165) is 17.3 Å². The second-order valence-corrected chi connectivity index (χ2v) is 5.92. The Kier molecular flexibility index (Phi) is 3.58. The monoisotopic (exact) mass is 300 g/mol. The van der Waals surface area contributed by atoms with E-state index < -0.39 is 0 Å². The fourth-order valence-corrected chi connectivity index (χ4v) is 2.46. The van der Waals surface area contributed by atoms with Crippen molar-refractivity contribution in [3.8, 4) is 0 Å². The van der Waals surface area contributed by atoms with Gasteiger partial charge >= 0.3 is 0 Å². The van der Waals surface area contributed by atoms with Crippen molar-refractivity contribution in [3.63, 3.8) is 0 Å². The molecule has 1 fully saturated rings. The molecule has 4 nitrogen and oxygen atoms in total. The van der Waals surface area contributed by atoms with Crippen LogP contribution in [0, 0.1) is 0 Å². The predicted molar refractivity (Wildman–Crippen MR) is 69.0 cm³/mol. The molecule has 0 aliphatic carbocycles. The van der Waals surface area contributed by atoms with Crippen molar-refractivity contribution < 1.29 is 9.53 Å². The van der Waals surface area contributed by atoms with Crippen LogP contribution >= 0.6 is 15.9 Å². The number of nitrogens with one attached hydrogen (secondary N) is 2. The van der Waals surface area contributed by atoms with Crippen molar-refractivity contribution in [1.29, 1.82) is 0 Å². The lowest BCUT2D eigenvalue weighted by Gasteiger charge is -2.35. The average Bonchev–Trinajstić information content (AvgIpc) is 2.63. The normalized spacial score (nSPS) is 23.4. The van der Waals surface area contributed by atoms with Gasteiger partial charge in [0.1, 0.15) is 5.69 Å². The standard InChI is InChI=1S/C12H17BrN2O2/c1-12(2)6-9(3-4-17-12)15-11(16)10-5-8(13)7-14-10/h5,7,9,14H,3-4,6H2,1-2H3,(H,15,16). The molecule has 2 rings (SSSR count). The molecule has 1 aliphatic heterocycles. The number of hydrogen-bond donors (Lipinski definition) is 2. The molecule has 1 aromatic heterocycles. The molecule has 0 spiro atoms. The lowest BCUT2D eigenvalue weighted by Crippen LogP contribution is -2.45. The van der Waals surface area contributed by atoms with Gasteiger partial charge in [-0.2, -0.15) is 0 Å². The van der Waals surface area contributed by atoms with E-state index in [1.807, 2.05) is 0 Å². The summed E-state index contributed by atoms with van der Waals surface area (Å²) in [5, 5.41) is 3.03. The summed E-state index contributed by atoms with van der Waals surface area (Å²) >= 11 is 3.31. The number of carbonyl (C=O) groups is 1. The Morgan fingerprint density at radius 1 is 1.65 bits per heavy atom. The Morgan fingerprint density at radius 3 is 3.00 bits per heavy atom. The smallest absolute Gasteiger partial charge is 0.267 e. The molecule has 0 saturated carbocycles. The predicted octanol–water partition coefficient (Wildman–Crippen LogP) is 2.46. The van der Waals surface area contributed by atoms with Crippen LogP contribution in [0.15, 0.2) is 16.7 Å². The number of hydrogen-bond acceptors (Lipinski definition) is 2. The molecule has 1 aliphatic rings. The van der Waals surface area contributed by atoms with E-state index in [1.54, 1.807) is 12.3 Å². The molecule has 0 radical (unpaired) electrons. The Balaban J connectivity index is 1.95. The van der Waals surface area contributed by atoms with E-state index in [-0.39, 0.29) is 17.6 Å². The van der Waals surface area contributed by atoms with Gasteiger partial charge in [0.25, 0.3) is 5.91 Å². The number of halogens is 1. The molecule has 0 bridgehead atoms. The number of amides is 1. The summed E-state index contributed by atoms with van der Waals surface area (Å²) in [7, 11) is 0. The van der Waals surface area contributed by atoms with Crippen molar-refractivity contribution in [2.75, 3.05) is 6.61 Å². The van der Waals surface area contributed by atoms with E-state index in [0.29, 0.717) is 12.3 Å². The molecule has 5 heteroatoms. The highest BCUT2D eigenvalue weighted by Crippen LogP contribution is 2.24. The van der Waals surface area contributed by atoms with E-state index >= 15 is 0 Å². The highest BCUT2D eigenvalue weighted by atomic mass is 79.9. The minimum absolute atomic E-state index is 0.0570. The molecule has 2 N–H and O–H groups in total. The lowest BCUT2D eigenvalue weighted by molar-refractivity contribution is -0.0615. The van der Waals surface area contributed by atoms with Gasteiger partial charge in [0.05, 0.1) is 5.60 Å². The Labute approximate surface area is 109 Å². The van der Waals surface area contributed by atoms with Crippen LogP contribution in [0.1, 0.15) is 37.2 Å². The number of ether oxygens (including phenoxy) is 1. The first-order valence-electron chi connectivity index (χ1n) is 5.75. The van der Waals surface area contributed by atoms with Crippen LogP contribution in [-0.2, 0) is 4.74 Å². The largest absolute Gasteiger partial charge is 0.375 e. The summed E-state index contributed by atoms with van der Waals surface area (Å²) < 4.78 is 6.50. The van der Waals surface area contributed by atoms with Gasteiger partial charge in [-0.3, -0.25) is 4.79 Å². The third kappa shape index (κ3) is 3.33. The minimum Gasteiger partial charge on any atom is -0.375 e. The Morgan fingerprint density at radius 2 is 2.41 bits per heavy atom. The first-order valence-corrected chi connectivity index (χ1v) is 6.54. The van der Waals surface area contributed by atoms with Gasteiger partial charge in [0.2, 0.25) is 0 Å². The van der Waals surface area contributed by atoms with E-state index in [2.05, 4.69) is 40.1 Å². The third-order valence-electron chi connectivity index (χ3n) is 2.92. The van der Waals surface area contributed by atoms with Crippen LogP contribution in [0.2, 0.25) is 0 Å². The highest BCUT2D eigenvalue weighted by Gasteiger charge is 2.29. The summed E-state index contributed by atoms with van der Waals surface area (Å²) in [4.78, 5) is 14.9. The zero-order chi connectivity index (χ0) is 12.5. The summed E-state index contributed by atoms with van der Waals surface area (Å²) in [5.41, 5.74) is 0.438. The first-order chi connectivity index (χ1) is 7.96. The molecule has 1 amide bonds. The quantitative estimate of drug-likeness (QED) is 0.881. The summed E-state index contributed by atoms with van der Waals surface area (Å²) in [6.07, 6.45) is 3.47. The van der Waals surface area contributed by atoms with Gasteiger partial charge in [-0.25, -0.2) is 0 Å². The van der Waals surface area contributed by atoms with Crippen LogP contribution in [0.3, 0.4) is 0 Å². The minimum atomic E-state index is -0.146. The first kappa shape index (κ1) is 12.6. The SMILES string of the molecule is CC1(C)CC(NC(=O)c2cc(Br)c[nH]2)CCO1. The highest BCUT2D eigenvalue weighted by molar-refractivity contribution is 9.10. The van der Waals surface area contributed by atoms with Crippen molar-refractivity contribution in [2.24, 2.45) is 0 Å². The van der Waals surface area contributed by atoms with Gasteiger partial charge in [0, 0.05) is 23.3 Å². The number of aromatic nitrogens is 1. The second-order valence-electron chi connectivity index (χ2n) is 5.00. The van der Waals surface area contributed by atoms with Crippen molar-refractivity contribution in [3.05, 3.63) is 22.4 Å². The molecule has 0 aromatic carbocycles. The summed E-state index contributed by atoms with van der Waals surface area (Å²) in [6, 6.07) is 1.97. The van der Waals surface area contributed by atoms with Crippen LogP contribution in [0.25, 0.3) is 0 Å². The molecule has 2 heterocycles. The molecule has 1 saturated heterocycles. The van der Waals surface area contributed by atoms with Crippen LogP contribution in [0.5, 0.6) is 0 Å². The van der Waals surface area contributed by atoms with Gasteiger partial charge < -0.3 is 15.0 Å². The molecule has 94 valence electrons. The van der Waals surface area contributed by atoms with Crippen molar-refractivity contribution >= 4 is 21.8 Å². The fourth-order valence-electron chi connectivity index (χ4n) is 2.12. The van der Waals surface area contributed by atoms with Crippen molar-refractivity contribution in [2.45, 2.75) is 38.3 Å². The number of aromatic amines is 1. The Bertz CT molecular complexity index is 414. The van der Waals surface area contributed by atoms with E-state index in [4.69, 9.17) is 4.74 Å². The molecular formula is C12H17BrN2O2. The number of H-pyrrole nitrogens is 1. The van der Waals surface area contributed by atoms with Gasteiger partial charge in [-0.1, -0.05) is 0 Å². The van der Waals surface area contributed by atoms with Crippen LogP contribution in [-0.4, -0.2) is 29.1 Å². The van der Waals surface area contributed by atoms with Gasteiger partial charge in [-0.15, -0.1) is 0 Å². The summed E-state index contributed by atoms with van der Waals surface area (Å²) in [6.45, 7) is 4.81. The molecule has 17 heavy (non-hydrogen) atoms. The maximum Gasteiger partial charge on any atom is 0.267 e. The maximum atomic E-state index is 11.9. The van der Waals surface area contributed by atoms with E-state index in [1.165, 1.54) is 0 Å². The average molecular weight is 301 g/mol. The fraction of sp³-hybridized carbons (Fsp3) is 0.583. The molecule has 1 unspecified atom stereocenters. The topological polar surface area (TPSA) is 54.1 Å². The number of rotatable bonds is 2. The zero-order valence-corrected chi connectivity index (χ0v) is 11.6. The lowest BCUT2D eigenvalue weighted by atomic mass is 9.94. The summed E-state index contributed by atoms with van der Waals surface area (Å²) in [5.74, 6) is -0.0570. The van der Waals surface area contributed by atoms with E-state index in [9.17, 15) is 4.79 Å². The number of carbonyl (C=O) groups excluding carboxylic acids is 1. The molecule has 1 atom stereocenters.